The molecule has 5 rings (SSSR count). The molecule has 2 fully saturated rings. The van der Waals surface area contributed by atoms with Gasteiger partial charge in [0.15, 0.2) is 11.7 Å². The van der Waals surface area contributed by atoms with Crippen LogP contribution < -0.4 is 21.3 Å². The van der Waals surface area contributed by atoms with Crippen molar-refractivity contribution in [3.8, 4) is 0 Å². The number of rotatable bonds is 9. The molecule has 0 radical (unpaired) electrons. The van der Waals surface area contributed by atoms with Crippen molar-refractivity contribution in [3.05, 3.63) is 63.3 Å². The minimum absolute atomic E-state index is 0.0171. The number of anilines is 2. The van der Waals surface area contributed by atoms with E-state index in [0.717, 1.165) is 67.4 Å². The number of nitrogens with zero attached hydrogens (tertiary/aromatic N) is 2. The van der Waals surface area contributed by atoms with Crippen LogP contribution >= 0.6 is 23.1 Å². The molecule has 4 N–H and O–H groups in total. The fourth-order valence-corrected chi connectivity index (χ4v) is 6.24. The summed E-state index contributed by atoms with van der Waals surface area (Å²) in [5, 5.41) is 5.59. The number of carbonyl (C=O) groups is 3. The SMILES string of the molecule is Cc1ccc([C@@H](C(=O)NC[C@@H]2CCCO2)N(C(=O)c2snc(C(=O)NC3CCCCC3)c2N)c2ccc(F)c(Cl)c2)o1. The quantitative estimate of drug-likeness (QED) is 0.301. The van der Waals surface area contributed by atoms with Crippen molar-refractivity contribution >= 4 is 52.2 Å². The Kier molecular flexibility index (Phi) is 9.44. The second-order valence-corrected chi connectivity index (χ2v) is 11.8. The molecule has 224 valence electrons. The molecule has 3 amide bonds. The number of furan rings is 1. The van der Waals surface area contributed by atoms with Crippen molar-refractivity contribution in [2.75, 3.05) is 23.8 Å². The summed E-state index contributed by atoms with van der Waals surface area (Å²) in [5.74, 6) is -1.74. The minimum Gasteiger partial charge on any atom is -0.464 e. The Bertz CT molecular complexity index is 1450. The fraction of sp³-hybridized carbons (Fsp3) is 0.448. The Labute approximate surface area is 251 Å². The molecule has 2 aliphatic rings. The topological polar surface area (TPSA) is 140 Å². The van der Waals surface area contributed by atoms with Crippen molar-refractivity contribution in [3.63, 3.8) is 0 Å². The third-order valence-electron chi connectivity index (χ3n) is 7.54. The summed E-state index contributed by atoms with van der Waals surface area (Å²) < 4.78 is 29.9. The Balaban J connectivity index is 1.51. The van der Waals surface area contributed by atoms with Crippen LogP contribution in [0, 0.1) is 12.7 Å². The molecule has 0 bridgehead atoms. The van der Waals surface area contributed by atoms with Gasteiger partial charge in [0.05, 0.1) is 16.8 Å². The maximum absolute atomic E-state index is 14.3. The van der Waals surface area contributed by atoms with Crippen molar-refractivity contribution < 1.29 is 27.9 Å². The molecule has 2 aromatic heterocycles. The number of nitrogen functional groups attached to an aromatic ring is 1. The number of hydrogen-bond donors (Lipinski definition) is 3. The van der Waals surface area contributed by atoms with E-state index in [1.54, 1.807) is 19.1 Å². The van der Waals surface area contributed by atoms with Gasteiger partial charge in [0.1, 0.15) is 22.2 Å². The van der Waals surface area contributed by atoms with Gasteiger partial charge in [-0.3, -0.25) is 19.3 Å². The predicted molar refractivity (Wildman–Crippen MR) is 157 cm³/mol. The lowest BCUT2D eigenvalue weighted by Crippen LogP contribution is -2.45. The molecule has 3 aromatic rings. The Morgan fingerprint density at radius 2 is 1.95 bits per heavy atom. The molecule has 42 heavy (non-hydrogen) atoms. The van der Waals surface area contributed by atoms with Crippen LogP contribution in [0.5, 0.6) is 0 Å². The highest BCUT2D eigenvalue weighted by atomic mass is 35.5. The highest BCUT2D eigenvalue weighted by Crippen LogP contribution is 2.35. The number of aromatic nitrogens is 1. The molecule has 1 aliphatic carbocycles. The monoisotopic (exact) mass is 617 g/mol. The summed E-state index contributed by atoms with van der Waals surface area (Å²) in [6.45, 7) is 2.56. The van der Waals surface area contributed by atoms with E-state index in [-0.39, 0.29) is 51.4 Å². The van der Waals surface area contributed by atoms with Gasteiger partial charge in [0, 0.05) is 24.9 Å². The van der Waals surface area contributed by atoms with Gasteiger partial charge in [0.2, 0.25) is 0 Å². The van der Waals surface area contributed by atoms with E-state index in [4.69, 9.17) is 26.5 Å². The Hall–Kier alpha value is -3.48. The van der Waals surface area contributed by atoms with Crippen molar-refractivity contribution in [2.45, 2.75) is 70.1 Å². The van der Waals surface area contributed by atoms with Crippen LogP contribution in [-0.4, -0.2) is 47.4 Å². The van der Waals surface area contributed by atoms with Crippen LogP contribution in [0.1, 0.15) is 82.7 Å². The van der Waals surface area contributed by atoms with E-state index in [2.05, 4.69) is 15.0 Å². The summed E-state index contributed by atoms with van der Waals surface area (Å²) >= 11 is 6.87. The maximum atomic E-state index is 14.3. The number of aryl methyl sites for hydroxylation is 1. The lowest BCUT2D eigenvalue weighted by atomic mass is 9.95. The molecule has 1 saturated carbocycles. The first kappa shape index (κ1) is 30.0. The number of benzene rings is 1. The first-order chi connectivity index (χ1) is 20.2. The van der Waals surface area contributed by atoms with Gasteiger partial charge in [0.25, 0.3) is 17.7 Å². The molecule has 1 aromatic carbocycles. The van der Waals surface area contributed by atoms with Gasteiger partial charge in [-0.1, -0.05) is 30.9 Å². The summed E-state index contributed by atoms with van der Waals surface area (Å²) in [4.78, 5) is 42.2. The molecule has 0 unspecified atom stereocenters. The first-order valence-electron chi connectivity index (χ1n) is 14.0. The largest absolute Gasteiger partial charge is 0.464 e. The van der Waals surface area contributed by atoms with E-state index in [1.165, 1.54) is 12.1 Å². The van der Waals surface area contributed by atoms with Crippen LogP contribution in [0.15, 0.2) is 34.7 Å². The molecule has 10 nitrogen and oxygen atoms in total. The average molecular weight is 618 g/mol. The van der Waals surface area contributed by atoms with Crippen molar-refractivity contribution in [2.24, 2.45) is 0 Å². The summed E-state index contributed by atoms with van der Waals surface area (Å²) in [5.41, 5.74) is 6.32. The molecular weight excluding hydrogens is 585 g/mol. The molecular formula is C29H33ClFN5O5S. The molecule has 13 heteroatoms. The van der Waals surface area contributed by atoms with Crippen LogP contribution in [0.2, 0.25) is 5.02 Å². The zero-order valence-corrected chi connectivity index (χ0v) is 24.7. The van der Waals surface area contributed by atoms with Gasteiger partial charge in [-0.25, -0.2) is 4.39 Å². The average Bonchev–Trinajstić information content (AvgIpc) is 3.74. The molecule has 1 aliphatic heterocycles. The third kappa shape index (κ3) is 6.61. The number of carbonyl (C=O) groups excluding carboxylic acids is 3. The minimum atomic E-state index is -1.32. The zero-order chi connectivity index (χ0) is 29.8. The molecule has 1 saturated heterocycles. The highest BCUT2D eigenvalue weighted by molar-refractivity contribution is 7.09. The van der Waals surface area contributed by atoms with Crippen LogP contribution in [-0.2, 0) is 9.53 Å². The number of amides is 3. The van der Waals surface area contributed by atoms with Gasteiger partial charge < -0.3 is 25.5 Å². The van der Waals surface area contributed by atoms with E-state index in [0.29, 0.717) is 12.4 Å². The van der Waals surface area contributed by atoms with E-state index in [9.17, 15) is 18.8 Å². The number of ether oxygens (including phenoxy) is 1. The fourth-order valence-electron chi connectivity index (χ4n) is 5.33. The maximum Gasteiger partial charge on any atom is 0.273 e. The van der Waals surface area contributed by atoms with E-state index < -0.39 is 29.6 Å². The van der Waals surface area contributed by atoms with E-state index in [1.807, 2.05) is 0 Å². The summed E-state index contributed by atoms with van der Waals surface area (Å²) in [6.07, 6.45) is 6.45. The Morgan fingerprint density at radius 3 is 2.62 bits per heavy atom. The second-order valence-electron chi connectivity index (χ2n) is 10.6. The van der Waals surface area contributed by atoms with Gasteiger partial charge >= 0.3 is 0 Å². The predicted octanol–water partition coefficient (Wildman–Crippen LogP) is 5.17. The zero-order valence-electron chi connectivity index (χ0n) is 23.2. The standard InChI is InChI=1S/C29H33ClFN5O5S/c1-16-9-12-22(41-16)25(28(38)33-15-19-8-5-13-40-19)36(18-10-11-21(31)20(30)14-18)29(39)26-23(32)24(35-42-26)27(37)34-17-6-3-2-4-7-17/h9-12,14,17,19,25H,2-8,13,15,32H2,1H3,(H,33,38)(H,34,37)/t19-,25-/m0/s1. The normalized spacial score (nSPS) is 18.0. The highest BCUT2D eigenvalue weighted by Gasteiger charge is 2.38. The second kappa shape index (κ2) is 13.2. The third-order valence-corrected chi connectivity index (χ3v) is 8.68. The first-order valence-corrected chi connectivity index (χ1v) is 15.2. The molecule has 2 atom stereocenters. The van der Waals surface area contributed by atoms with Gasteiger partial charge in [-0.15, -0.1) is 0 Å². The van der Waals surface area contributed by atoms with Crippen molar-refractivity contribution in [1.29, 1.82) is 0 Å². The molecule has 0 spiro atoms. The lowest BCUT2D eigenvalue weighted by Gasteiger charge is -2.30. The van der Waals surface area contributed by atoms with Crippen molar-refractivity contribution in [1.82, 2.24) is 15.0 Å². The van der Waals surface area contributed by atoms with Crippen LogP contribution in [0.3, 0.4) is 0 Å². The van der Waals surface area contributed by atoms with Crippen LogP contribution in [0.4, 0.5) is 15.8 Å². The number of nitrogens with one attached hydrogen (secondary N) is 2. The van der Waals surface area contributed by atoms with Gasteiger partial charge in [-0.05, 0) is 74.5 Å². The Morgan fingerprint density at radius 1 is 1.17 bits per heavy atom. The van der Waals surface area contributed by atoms with Crippen LogP contribution in [0.25, 0.3) is 0 Å². The number of nitrogens with two attached hydrogens (primary N) is 1. The van der Waals surface area contributed by atoms with Gasteiger partial charge in [-0.2, -0.15) is 4.37 Å². The number of halogens is 2. The number of hydrogen-bond acceptors (Lipinski definition) is 8. The smallest absolute Gasteiger partial charge is 0.273 e. The summed E-state index contributed by atoms with van der Waals surface area (Å²) in [7, 11) is 0. The lowest BCUT2D eigenvalue weighted by molar-refractivity contribution is -0.123. The van der Waals surface area contributed by atoms with E-state index >= 15 is 0 Å². The molecule has 3 heterocycles. The summed E-state index contributed by atoms with van der Waals surface area (Å²) in [6, 6.07) is 5.65.